The lowest BCUT2D eigenvalue weighted by Gasteiger charge is -2.24. The Hall–Kier alpha value is -1.10. The van der Waals surface area contributed by atoms with E-state index in [1.807, 2.05) is 6.92 Å². The van der Waals surface area contributed by atoms with E-state index in [1.54, 1.807) is 6.92 Å². The van der Waals surface area contributed by atoms with Gasteiger partial charge < -0.3 is 15.2 Å². The Morgan fingerprint density at radius 1 is 0.774 bits per heavy atom. The van der Waals surface area contributed by atoms with Crippen molar-refractivity contribution in [2.75, 3.05) is 0 Å². The van der Waals surface area contributed by atoms with Crippen LogP contribution in [0.25, 0.3) is 0 Å². The van der Waals surface area contributed by atoms with Gasteiger partial charge in [0, 0.05) is 12.8 Å². The SMILES string of the molecule is CCCCCCCCCCCCCCCCCC(=O)NC(CC)OC(=O)C(C)(O)CC. The predicted molar refractivity (Wildman–Crippen MR) is 129 cm³/mol. The normalized spacial score (nSPS) is 14.1. The van der Waals surface area contributed by atoms with Crippen LogP contribution in [-0.4, -0.2) is 28.8 Å². The zero-order valence-corrected chi connectivity index (χ0v) is 21.0. The molecule has 0 aromatic heterocycles. The number of carbonyl (C=O) groups is 2. The van der Waals surface area contributed by atoms with E-state index in [1.165, 1.54) is 90.4 Å². The molecule has 0 aliphatic heterocycles. The molecule has 1 amide bonds. The third-order valence-corrected chi connectivity index (χ3v) is 6.08. The van der Waals surface area contributed by atoms with Crippen LogP contribution in [0.15, 0.2) is 0 Å². The van der Waals surface area contributed by atoms with Crippen LogP contribution in [0.5, 0.6) is 0 Å². The van der Waals surface area contributed by atoms with Crippen molar-refractivity contribution < 1.29 is 19.4 Å². The fourth-order valence-electron chi connectivity index (χ4n) is 3.52. The molecule has 0 rings (SSSR count). The highest BCUT2D eigenvalue weighted by Gasteiger charge is 2.31. The Balaban J connectivity index is 3.57. The Kier molecular flexibility index (Phi) is 18.9. The Bertz CT molecular complexity index is 451. The summed E-state index contributed by atoms with van der Waals surface area (Å²) in [6.07, 6.45) is 20.0. The van der Waals surface area contributed by atoms with Crippen molar-refractivity contribution in [1.29, 1.82) is 0 Å². The molecular weight excluding hydrogens is 390 g/mol. The number of carbonyl (C=O) groups excluding carboxylic acids is 2. The van der Waals surface area contributed by atoms with Gasteiger partial charge in [-0.15, -0.1) is 0 Å². The summed E-state index contributed by atoms with van der Waals surface area (Å²) in [4.78, 5) is 24.0. The van der Waals surface area contributed by atoms with Crippen molar-refractivity contribution in [2.24, 2.45) is 0 Å². The highest BCUT2D eigenvalue weighted by molar-refractivity contribution is 5.80. The first-order chi connectivity index (χ1) is 14.9. The number of nitrogens with one attached hydrogen (secondary N) is 1. The number of rotatable bonds is 21. The van der Waals surface area contributed by atoms with Crippen molar-refractivity contribution in [3.05, 3.63) is 0 Å². The van der Waals surface area contributed by atoms with Crippen LogP contribution in [0.2, 0.25) is 0 Å². The highest BCUT2D eigenvalue weighted by Crippen LogP contribution is 2.15. The van der Waals surface area contributed by atoms with E-state index in [9.17, 15) is 14.7 Å². The summed E-state index contributed by atoms with van der Waals surface area (Å²) < 4.78 is 5.23. The molecule has 5 heteroatoms. The van der Waals surface area contributed by atoms with Crippen molar-refractivity contribution in [3.63, 3.8) is 0 Å². The van der Waals surface area contributed by atoms with Gasteiger partial charge in [-0.3, -0.25) is 4.79 Å². The molecule has 0 aliphatic rings. The maximum atomic E-state index is 12.1. The minimum atomic E-state index is -1.51. The molecular formula is C26H51NO4. The summed E-state index contributed by atoms with van der Waals surface area (Å²) >= 11 is 0. The van der Waals surface area contributed by atoms with E-state index in [4.69, 9.17) is 4.74 Å². The zero-order chi connectivity index (χ0) is 23.4. The van der Waals surface area contributed by atoms with Crippen molar-refractivity contribution >= 4 is 11.9 Å². The average Bonchev–Trinajstić information content (AvgIpc) is 2.75. The Morgan fingerprint density at radius 2 is 1.19 bits per heavy atom. The monoisotopic (exact) mass is 441 g/mol. The summed E-state index contributed by atoms with van der Waals surface area (Å²) in [5.41, 5.74) is -1.51. The van der Waals surface area contributed by atoms with Gasteiger partial charge in [0.25, 0.3) is 0 Å². The maximum absolute atomic E-state index is 12.1. The topological polar surface area (TPSA) is 75.6 Å². The van der Waals surface area contributed by atoms with E-state index in [0.29, 0.717) is 12.8 Å². The van der Waals surface area contributed by atoms with E-state index < -0.39 is 17.8 Å². The molecule has 184 valence electrons. The lowest BCUT2D eigenvalue weighted by molar-refractivity contribution is -0.172. The molecule has 0 aromatic rings. The van der Waals surface area contributed by atoms with Crippen LogP contribution >= 0.6 is 0 Å². The van der Waals surface area contributed by atoms with Crippen LogP contribution in [0.4, 0.5) is 0 Å². The first-order valence-corrected chi connectivity index (χ1v) is 13.1. The molecule has 2 N–H and O–H groups in total. The van der Waals surface area contributed by atoms with Crippen LogP contribution in [0.1, 0.15) is 143 Å². The van der Waals surface area contributed by atoms with Gasteiger partial charge in [0.15, 0.2) is 11.8 Å². The fourth-order valence-corrected chi connectivity index (χ4v) is 3.52. The second-order valence-corrected chi connectivity index (χ2v) is 9.20. The molecule has 0 radical (unpaired) electrons. The molecule has 0 bridgehead atoms. The van der Waals surface area contributed by atoms with Crippen LogP contribution in [0, 0.1) is 0 Å². The largest absolute Gasteiger partial charge is 0.440 e. The van der Waals surface area contributed by atoms with Gasteiger partial charge in [-0.1, -0.05) is 111 Å². The molecule has 2 atom stereocenters. The summed E-state index contributed by atoms with van der Waals surface area (Å²) in [5.74, 6) is -0.778. The summed E-state index contributed by atoms with van der Waals surface area (Å²) in [5, 5.41) is 12.7. The number of amides is 1. The van der Waals surface area contributed by atoms with Gasteiger partial charge >= 0.3 is 5.97 Å². The molecule has 0 aromatic carbocycles. The minimum Gasteiger partial charge on any atom is -0.440 e. The first-order valence-electron chi connectivity index (χ1n) is 13.1. The Morgan fingerprint density at radius 3 is 1.58 bits per heavy atom. The molecule has 0 spiro atoms. The summed E-state index contributed by atoms with van der Waals surface area (Å²) in [6.45, 7) is 7.26. The molecule has 2 unspecified atom stereocenters. The van der Waals surface area contributed by atoms with Crippen molar-refractivity contribution in [3.8, 4) is 0 Å². The third kappa shape index (κ3) is 17.2. The molecule has 0 fully saturated rings. The number of hydrogen-bond acceptors (Lipinski definition) is 4. The zero-order valence-electron chi connectivity index (χ0n) is 21.0. The van der Waals surface area contributed by atoms with Gasteiger partial charge in [-0.25, -0.2) is 4.79 Å². The molecule has 31 heavy (non-hydrogen) atoms. The van der Waals surface area contributed by atoms with E-state index >= 15 is 0 Å². The molecule has 5 nitrogen and oxygen atoms in total. The standard InChI is InChI=1S/C26H51NO4/c1-5-8-9-10-11-12-13-14-15-16-17-18-19-20-21-22-23(28)27-24(6-2)31-25(29)26(4,30)7-3/h24,30H,5-22H2,1-4H3,(H,27,28). The van der Waals surface area contributed by atoms with Crippen LogP contribution in [-0.2, 0) is 14.3 Å². The molecule has 0 saturated carbocycles. The second-order valence-electron chi connectivity index (χ2n) is 9.20. The van der Waals surface area contributed by atoms with E-state index in [-0.39, 0.29) is 12.3 Å². The van der Waals surface area contributed by atoms with Crippen LogP contribution in [0.3, 0.4) is 0 Å². The van der Waals surface area contributed by atoms with Gasteiger partial charge in [0.05, 0.1) is 0 Å². The van der Waals surface area contributed by atoms with Gasteiger partial charge in [0.1, 0.15) is 0 Å². The van der Waals surface area contributed by atoms with Crippen LogP contribution < -0.4 is 5.32 Å². The maximum Gasteiger partial charge on any atom is 0.339 e. The number of hydrogen-bond donors (Lipinski definition) is 2. The number of esters is 1. The number of unbranched alkanes of at least 4 members (excludes halogenated alkanes) is 14. The summed E-state index contributed by atoms with van der Waals surface area (Å²) in [7, 11) is 0. The smallest absolute Gasteiger partial charge is 0.339 e. The number of aliphatic hydroxyl groups is 1. The number of ether oxygens (including phenoxy) is 1. The molecule has 0 aliphatic carbocycles. The lowest BCUT2D eigenvalue weighted by Crippen LogP contribution is -2.44. The Labute approximate surface area is 192 Å². The fraction of sp³-hybridized carbons (Fsp3) is 0.923. The third-order valence-electron chi connectivity index (χ3n) is 6.08. The van der Waals surface area contributed by atoms with Crippen molar-refractivity contribution in [2.45, 2.75) is 155 Å². The van der Waals surface area contributed by atoms with E-state index in [2.05, 4.69) is 12.2 Å². The van der Waals surface area contributed by atoms with Gasteiger partial charge in [0.2, 0.25) is 5.91 Å². The van der Waals surface area contributed by atoms with Gasteiger partial charge in [-0.2, -0.15) is 0 Å². The minimum absolute atomic E-state index is 0.0921. The van der Waals surface area contributed by atoms with Crippen molar-refractivity contribution in [1.82, 2.24) is 5.32 Å². The van der Waals surface area contributed by atoms with E-state index in [0.717, 1.165) is 12.8 Å². The highest BCUT2D eigenvalue weighted by atomic mass is 16.6. The quantitative estimate of drug-likeness (QED) is 0.117. The summed E-state index contributed by atoms with van der Waals surface area (Å²) in [6, 6.07) is 0. The average molecular weight is 442 g/mol. The molecule has 0 heterocycles. The molecule has 0 saturated heterocycles. The lowest BCUT2D eigenvalue weighted by atomic mass is 10.0. The predicted octanol–water partition coefficient (Wildman–Crippen LogP) is 6.80. The van der Waals surface area contributed by atoms with Gasteiger partial charge in [-0.05, 0) is 19.8 Å². The first kappa shape index (κ1) is 29.9. The second kappa shape index (κ2) is 19.6.